The molecule has 1 fully saturated rings. The smallest absolute Gasteiger partial charge is 0.236 e. The zero-order valence-electron chi connectivity index (χ0n) is 11.7. The summed E-state index contributed by atoms with van der Waals surface area (Å²) in [5.41, 5.74) is 0. The Labute approximate surface area is 111 Å². The van der Waals surface area contributed by atoms with Crippen LogP contribution in [0.25, 0.3) is 0 Å². The first-order valence-electron chi connectivity index (χ1n) is 7.00. The van der Waals surface area contributed by atoms with Gasteiger partial charge in [-0.15, -0.1) is 0 Å². The highest BCUT2D eigenvalue weighted by Gasteiger charge is 2.19. The minimum Gasteiger partial charge on any atom is -0.344 e. The Morgan fingerprint density at radius 3 is 2.89 bits per heavy atom. The molecule has 0 radical (unpaired) electrons. The van der Waals surface area contributed by atoms with E-state index in [-0.39, 0.29) is 5.91 Å². The molecule has 102 valence electrons. The van der Waals surface area contributed by atoms with Gasteiger partial charge in [-0.2, -0.15) is 5.26 Å². The van der Waals surface area contributed by atoms with Crippen molar-refractivity contribution in [2.75, 3.05) is 33.2 Å². The third kappa shape index (κ3) is 5.05. The van der Waals surface area contributed by atoms with E-state index < -0.39 is 0 Å². The molecule has 0 bridgehead atoms. The van der Waals surface area contributed by atoms with Crippen LogP contribution >= 0.6 is 0 Å². The van der Waals surface area contributed by atoms with E-state index in [9.17, 15) is 4.79 Å². The van der Waals surface area contributed by atoms with Crippen molar-refractivity contribution < 1.29 is 4.79 Å². The van der Waals surface area contributed by atoms with E-state index >= 15 is 0 Å². The lowest BCUT2D eigenvalue weighted by molar-refractivity contribution is -0.131. The zero-order chi connectivity index (χ0) is 13.4. The van der Waals surface area contributed by atoms with E-state index in [4.69, 9.17) is 5.26 Å². The summed E-state index contributed by atoms with van der Waals surface area (Å²) in [5.74, 6) is 0.974. The van der Waals surface area contributed by atoms with Gasteiger partial charge in [0.15, 0.2) is 0 Å². The summed E-state index contributed by atoms with van der Waals surface area (Å²) in [4.78, 5) is 15.9. The van der Waals surface area contributed by atoms with Crippen molar-refractivity contribution in [2.24, 2.45) is 5.92 Å². The molecule has 0 saturated carbocycles. The van der Waals surface area contributed by atoms with Gasteiger partial charge in [0.25, 0.3) is 0 Å². The fourth-order valence-electron chi connectivity index (χ4n) is 2.45. The van der Waals surface area contributed by atoms with Crippen LogP contribution in [-0.4, -0.2) is 48.9 Å². The molecule has 1 aliphatic heterocycles. The summed E-state index contributed by atoms with van der Waals surface area (Å²) in [6, 6.07) is 2.07. The summed E-state index contributed by atoms with van der Waals surface area (Å²) in [7, 11) is 1.78. The van der Waals surface area contributed by atoms with Gasteiger partial charge >= 0.3 is 0 Å². The van der Waals surface area contributed by atoms with Crippen LogP contribution in [0.4, 0.5) is 0 Å². The van der Waals surface area contributed by atoms with Crippen molar-refractivity contribution in [3.05, 3.63) is 0 Å². The zero-order valence-corrected chi connectivity index (χ0v) is 11.7. The van der Waals surface area contributed by atoms with E-state index in [1.165, 1.54) is 25.7 Å². The lowest BCUT2D eigenvalue weighted by Crippen LogP contribution is -2.39. The quantitative estimate of drug-likeness (QED) is 0.749. The minimum absolute atomic E-state index is 0.139. The van der Waals surface area contributed by atoms with Crippen molar-refractivity contribution in [1.82, 2.24) is 9.80 Å². The Hall–Kier alpha value is -1.08. The summed E-state index contributed by atoms with van der Waals surface area (Å²) < 4.78 is 0. The number of carbonyl (C=O) groups is 1. The number of nitriles is 1. The number of likely N-dealkylation sites (N-methyl/N-ethyl adjacent to an activating group) is 1. The van der Waals surface area contributed by atoms with Gasteiger partial charge in [-0.1, -0.05) is 13.3 Å². The van der Waals surface area contributed by atoms with Crippen molar-refractivity contribution >= 4 is 5.91 Å². The Kier molecular flexibility index (Phi) is 6.74. The lowest BCUT2D eigenvalue weighted by atomic mass is 9.98. The monoisotopic (exact) mass is 251 g/mol. The molecule has 1 aliphatic rings. The maximum atomic E-state index is 12.0. The van der Waals surface area contributed by atoms with Crippen LogP contribution in [-0.2, 0) is 4.79 Å². The number of hydrogen-bond donors (Lipinski definition) is 0. The summed E-state index contributed by atoms with van der Waals surface area (Å²) >= 11 is 0. The molecule has 1 rings (SSSR count). The average molecular weight is 251 g/mol. The number of amides is 1. The van der Waals surface area contributed by atoms with E-state index in [0.717, 1.165) is 19.0 Å². The van der Waals surface area contributed by atoms with E-state index in [0.29, 0.717) is 19.5 Å². The van der Waals surface area contributed by atoms with Crippen molar-refractivity contribution in [3.8, 4) is 6.07 Å². The van der Waals surface area contributed by atoms with Crippen LogP contribution in [0.5, 0.6) is 0 Å². The molecule has 0 aliphatic carbocycles. The predicted octanol–water partition coefficient (Wildman–Crippen LogP) is 1.87. The van der Waals surface area contributed by atoms with Crippen molar-refractivity contribution in [3.63, 3.8) is 0 Å². The predicted molar refractivity (Wildman–Crippen MR) is 71.9 cm³/mol. The van der Waals surface area contributed by atoms with E-state index in [1.54, 1.807) is 11.9 Å². The lowest BCUT2D eigenvalue weighted by Gasteiger charge is -2.23. The Morgan fingerprint density at radius 2 is 2.22 bits per heavy atom. The third-order valence-electron chi connectivity index (χ3n) is 3.86. The largest absolute Gasteiger partial charge is 0.344 e. The van der Waals surface area contributed by atoms with Crippen LogP contribution in [0.3, 0.4) is 0 Å². The summed E-state index contributed by atoms with van der Waals surface area (Å²) in [5, 5.41) is 8.51. The van der Waals surface area contributed by atoms with Gasteiger partial charge < -0.3 is 4.90 Å². The standard InChI is InChI=1S/C14H25N3O/c1-3-13-6-4-10-17(11-7-13)12-14(18)16(2)9-5-8-15/h13H,3-7,9-12H2,1-2H3. The van der Waals surface area contributed by atoms with Gasteiger partial charge in [0.05, 0.1) is 19.0 Å². The van der Waals surface area contributed by atoms with Crippen LogP contribution < -0.4 is 0 Å². The molecule has 4 heteroatoms. The SMILES string of the molecule is CCC1CCCN(CC(=O)N(C)CCC#N)CC1. The molecule has 1 unspecified atom stereocenters. The first kappa shape index (κ1) is 15.0. The number of nitrogens with zero attached hydrogens (tertiary/aromatic N) is 3. The normalized spacial score (nSPS) is 21.1. The molecule has 1 amide bonds. The highest BCUT2D eigenvalue weighted by atomic mass is 16.2. The molecular weight excluding hydrogens is 226 g/mol. The molecule has 1 heterocycles. The number of hydrogen-bond acceptors (Lipinski definition) is 3. The highest BCUT2D eigenvalue weighted by Crippen LogP contribution is 2.19. The van der Waals surface area contributed by atoms with Crippen molar-refractivity contribution in [2.45, 2.75) is 39.0 Å². The highest BCUT2D eigenvalue weighted by molar-refractivity contribution is 5.77. The average Bonchev–Trinajstić information content (AvgIpc) is 2.61. The molecule has 4 nitrogen and oxygen atoms in total. The molecule has 0 aromatic rings. The molecule has 0 aromatic carbocycles. The van der Waals surface area contributed by atoms with E-state index in [2.05, 4.69) is 17.9 Å². The summed E-state index contributed by atoms with van der Waals surface area (Å²) in [6.45, 7) is 5.38. The van der Waals surface area contributed by atoms with Gasteiger partial charge in [0.2, 0.25) is 5.91 Å². The van der Waals surface area contributed by atoms with Crippen LogP contribution in [0.2, 0.25) is 0 Å². The molecule has 18 heavy (non-hydrogen) atoms. The second-order valence-electron chi connectivity index (χ2n) is 5.20. The fourth-order valence-corrected chi connectivity index (χ4v) is 2.45. The van der Waals surface area contributed by atoms with Gasteiger partial charge in [-0.3, -0.25) is 9.69 Å². The van der Waals surface area contributed by atoms with Gasteiger partial charge in [-0.25, -0.2) is 0 Å². The van der Waals surface area contributed by atoms with Crippen LogP contribution in [0.1, 0.15) is 39.0 Å². The molecule has 0 aromatic heterocycles. The van der Waals surface area contributed by atoms with Crippen LogP contribution in [0, 0.1) is 17.2 Å². The number of rotatable bonds is 5. The maximum absolute atomic E-state index is 12.0. The number of likely N-dealkylation sites (tertiary alicyclic amines) is 1. The first-order chi connectivity index (χ1) is 8.67. The van der Waals surface area contributed by atoms with E-state index in [1.807, 2.05) is 0 Å². The molecule has 0 spiro atoms. The minimum atomic E-state index is 0.139. The molecule has 1 saturated heterocycles. The molecule has 0 N–H and O–H groups in total. The topological polar surface area (TPSA) is 47.3 Å². The molecule has 1 atom stereocenters. The second kappa shape index (κ2) is 8.10. The number of carbonyl (C=O) groups excluding carboxylic acids is 1. The van der Waals surface area contributed by atoms with Crippen LogP contribution in [0.15, 0.2) is 0 Å². The Bertz CT molecular complexity index is 298. The van der Waals surface area contributed by atoms with Crippen molar-refractivity contribution in [1.29, 1.82) is 5.26 Å². The summed E-state index contributed by atoms with van der Waals surface area (Å²) in [6.07, 6.45) is 5.38. The second-order valence-corrected chi connectivity index (χ2v) is 5.20. The first-order valence-corrected chi connectivity index (χ1v) is 7.00. The molecular formula is C14H25N3O. The van der Waals surface area contributed by atoms with Gasteiger partial charge in [0, 0.05) is 13.6 Å². The fraction of sp³-hybridized carbons (Fsp3) is 0.857. The van der Waals surface area contributed by atoms with Gasteiger partial charge in [0.1, 0.15) is 0 Å². The Balaban J connectivity index is 2.33. The van der Waals surface area contributed by atoms with Gasteiger partial charge in [-0.05, 0) is 38.3 Å². The Morgan fingerprint density at radius 1 is 1.44 bits per heavy atom. The maximum Gasteiger partial charge on any atom is 0.236 e. The third-order valence-corrected chi connectivity index (χ3v) is 3.86.